The summed E-state index contributed by atoms with van der Waals surface area (Å²) in [7, 11) is -3.57. The molecule has 0 amide bonds. The summed E-state index contributed by atoms with van der Waals surface area (Å²) in [6, 6.07) is 8.58. The van der Waals surface area contributed by atoms with Gasteiger partial charge in [-0.1, -0.05) is 18.2 Å². The van der Waals surface area contributed by atoms with Gasteiger partial charge in [0.15, 0.2) is 5.75 Å². The van der Waals surface area contributed by atoms with Crippen LogP contribution in [0.15, 0.2) is 24.3 Å². The maximum Gasteiger partial charge on any atom is 0.228 e. The molecule has 6 heteroatoms. The molecule has 0 spiro atoms. The zero-order chi connectivity index (χ0) is 13.8. The van der Waals surface area contributed by atoms with Crippen molar-refractivity contribution in [1.29, 1.82) is 5.26 Å². The minimum atomic E-state index is -3.57. The average Bonchev–Trinajstić information content (AvgIpc) is 2.27. The van der Waals surface area contributed by atoms with Crippen LogP contribution in [-0.2, 0) is 16.6 Å². The van der Waals surface area contributed by atoms with Gasteiger partial charge < -0.3 is 5.73 Å². The highest BCUT2D eigenvalue weighted by molar-refractivity contribution is 7.89. The van der Waals surface area contributed by atoms with E-state index >= 15 is 0 Å². The molecule has 98 valence electrons. The molecule has 0 radical (unpaired) electrons. The number of hydrogen-bond acceptors (Lipinski definition) is 4. The van der Waals surface area contributed by atoms with E-state index in [0.717, 1.165) is 5.56 Å². The fourth-order valence-electron chi connectivity index (χ4n) is 1.61. The van der Waals surface area contributed by atoms with E-state index in [1.807, 2.05) is 0 Å². The minimum Gasteiger partial charge on any atom is -0.398 e. The molecule has 0 aromatic heterocycles. The molecule has 0 fully saturated rings. The number of nitrogens with two attached hydrogens (primary N) is 1. The van der Waals surface area contributed by atoms with E-state index in [1.54, 1.807) is 44.2 Å². The van der Waals surface area contributed by atoms with Crippen LogP contribution in [0.3, 0.4) is 0 Å². The third-order valence-corrected chi connectivity index (χ3v) is 4.32. The second kappa shape index (κ2) is 5.85. The maximum absolute atomic E-state index is 12.0. The molecule has 0 saturated heterocycles. The van der Waals surface area contributed by atoms with Crippen LogP contribution in [0.4, 0.5) is 5.69 Å². The van der Waals surface area contributed by atoms with Crippen molar-refractivity contribution in [3.8, 4) is 6.07 Å². The summed E-state index contributed by atoms with van der Waals surface area (Å²) >= 11 is 0. The normalized spacial score (nSPS) is 11.7. The number of hydrogen-bond donors (Lipinski definition) is 1. The summed E-state index contributed by atoms with van der Waals surface area (Å²) in [5.41, 5.74) is 7.09. The number of rotatable bonds is 5. The Labute approximate surface area is 108 Å². The first-order valence-corrected chi connectivity index (χ1v) is 7.19. The lowest BCUT2D eigenvalue weighted by molar-refractivity contribution is 0.350. The standard InChI is InChI=1S/C12H17N3O2S/c1-10(2)15(18(16,17)8-7-13)9-11-5-3-4-6-12(11)14/h3-6,10H,8-9,14H2,1-2H3. The third kappa shape index (κ3) is 3.45. The summed E-state index contributed by atoms with van der Waals surface area (Å²) in [6.07, 6.45) is 0. The summed E-state index contributed by atoms with van der Waals surface area (Å²) in [4.78, 5) is 0. The van der Waals surface area contributed by atoms with E-state index in [1.165, 1.54) is 4.31 Å². The van der Waals surface area contributed by atoms with E-state index < -0.39 is 15.8 Å². The second-order valence-corrected chi connectivity index (χ2v) is 6.17. The lowest BCUT2D eigenvalue weighted by Gasteiger charge is -2.25. The molecule has 0 unspecified atom stereocenters. The quantitative estimate of drug-likeness (QED) is 0.815. The van der Waals surface area contributed by atoms with Crippen molar-refractivity contribution in [2.75, 3.05) is 11.5 Å². The summed E-state index contributed by atoms with van der Waals surface area (Å²) in [5.74, 6) is -0.516. The average molecular weight is 267 g/mol. The van der Waals surface area contributed by atoms with E-state index in [9.17, 15) is 8.42 Å². The molecule has 0 aliphatic carbocycles. The fraction of sp³-hybridized carbons (Fsp3) is 0.417. The Morgan fingerprint density at radius 3 is 2.50 bits per heavy atom. The Balaban J connectivity index is 3.03. The molecule has 0 aliphatic rings. The van der Waals surface area contributed by atoms with Gasteiger partial charge in [0.25, 0.3) is 0 Å². The zero-order valence-electron chi connectivity index (χ0n) is 10.5. The van der Waals surface area contributed by atoms with Crippen LogP contribution < -0.4 is 5.73 Å². The topological polar surface area (TPSA) is 87.2 Å². The van der Waals surface area contributed by atoms with Crippen molar-refractivity contribution >= 4 is 15.7 Å². The second-order valence-electron chi connectivity index (χ2n) is 4.25. The Bertz CT molecular complexity index is 547. The number of nitriles is 1. The first-order chi connectivity index (χ1) is 8.38. The molecule has 1 rings (SSSR count). The highest BCUT2D eigenvalue weighted by atomic mass is 32.2. The van der Waals surface area contributed by atoms with E-state index in [2.05, 4.69) is 0 Å². The van der Waals surface area contributed by atoms with E-state index in [4.69, 9.17) is 11.0 Å². The number of nitrogen functional groups attached to an aromatic ring is 1. The monoisotopic (exact) mass is 267 g/mol. The van der Waals surface area contributed by atoms with Gasteiger partial charge in [-0.15, -0.1) is 0 Å². The molecule has 0 atom stereocenters. The van der Waals surface area contributed by atoms with E-state index in [0.29, 0.717) is 5.69 Å². The van der Waals surface area contributed by atoms with Crippen molar-refractivity contribution < 1.29 is 8.42 Å². The Morgan fingerprint density at radius 2 is 2.00 bits per heavy atom. The Morgan fingerprint density at radius 1 is 1.39 bits per heavy atom. The lowest BCUT2D eigenvalue weighted by atomic mass is 10.2. The van der Waals surface area contributed by atoms with Crippen LogP contribution in [-0.4, -0.2) is 24.5 Å². The van der Waals surface area contributed by atoms with Gasteiger partial charge in [-0.25, -0.2) is 8.42 Å². The van der Waals surface area contributed by atoms with Gasteiger partial charge in [0, 0.05) is 18.3 Å². The highest BCUT2D eigenvalue weighted by Gasteiger charge is 2.25. The third-order valence-electron chi connectivity index (χ3n) is 2.56. The number of sulfonamides is 1. The van der Waals surface area contributed by atoms with Gasteiger partial charge in [-0.3, -0.25) is 0 Å². The van der Waals surface area contributed by atoms with Gasteiger partial charge >= 0.3 is 0 Å². The van der Waals surface area contributed by atoms with Crippen LogP contribution in [0.25, 0.3) is 0 Å². The van der Waals surface area contributed by atoms with Gasteiger partial charge in [-0.05, 0) is 25.5 Å². The molecule has 0 saturated carbocycles. The predicted octanol–water partition coefficient (Wildman–Crippen LogP) is 1.33. The van der Waals surface area contributed by atoms with Crippen LogP contribution in [0.2, 0.25) is 0 Å². The molecular weight excluding hydrogens is 250 g/mol. The van der Waals surface area contributed by atoms with Crippen LogP contribution in [0.5, 0.6) is 0 Å². The summed E-state index contributed by atoms with van der Waals surface area (Å²) in [6.45, 7) is 3.73. The summed E-state index contributed by atoms with van der Waals surface area (Å²) < 4.78 is 25.2. The van der Waals surface area contributed by atoms with Crippen LogP contribution in [0.1, 0.15) is 19.4 Å². The molecule has 18 heavy (non-hydrogen) atoms. The smallest absolute Gasteiger partial charge is 0.228 e. The Kier molecular flexibility index (Phi) is 4.70. The highest BCUT2D eigenvalue weighted by Crippen LogP contribution is 2.18. The minimum absolute atomic E-state index is 0.189. The molecule has 1 aromatic rings. The van der Waals surface area contributed by atoms with Gasteiger partial charge in [0.2, 0.25) is 10.0 Å². The van der Waals surface area contributed by atoms with Crippen molar-refractivity contribution in [3.05, 3.63) is 29.8 Å². The largest absolute Gasteiger partial charge is 0.398 e. The molecule has 5 nitrogen and oxygen atoms in total. The molecule has 1 aromatic carbocycles. The van der Waals surface area contributed by atoms with Crippen molar-refractivity contribution in [2.24, 2.45) is 0 Å². The predicted molar refractivity (Wildman–Crippen MR) is 70.9 cm³/mol. The Hall–Kier alpha value is -1.58. The van der Waals surface area contributed by atoms with Crippen molar-refractivity contribution in [1.82, 2.24) is 4.31 Å². The molecule has 0 heterocycles. The first kappa shape index (κ1) is 14.5. The number of benzene rings is 1. The van der Waals surface area contributed by atoms with Gasteiger partial charge in [0.05, 0.1) is 6.07 Å². The lowest BCUT2D eigenvalue weighted by Crippen LogP contribution is -2.37. The van der Waals surface area contributed by atoms with Gasteiger partial charge in [0.1, 0.15) is 0 Å². The van der Waals surface area contributed by atoms with E-state index in [-0.39, 0.29) is 12.6 Å². The first-order valence-electron chi connectivity index (χ1n) is 5.58. The molecule has 2 N–H and O–H groups in total. The number of para-hydroxylation sites is 1. The molecule has 0 aliphatic heterocycles. The number of anilines is 1. The van der Waals surface area contributed by atoms with Gasteiger partial charge in [-0.2, -0.15) is 9.57 Å². The van der Waals surface area contributed by atoms with Crippen LogP contribution in [0, 0.1) is 11.3 Å². The maximum atomic E-state index is 12.0. The molecular formula is C12H17N3O2S. The van der Waals surface area contributed by atoms with Crippen molar-refractivity contribution in [3.63, 3.8) is 0 Å². The van der Waals surface area contributed by atoms with Crippen molar-refractivity contribution in [2.45, 2.75) is 26.4 Å². The zero-order valence-corrected chi connectivity index (χ0v) is 11.3. The SMILES string of the molecule is CC(C)N(Cc1ccccc1N)S(=O)(=O)CC#N. The number of nitrogens with zero attached hydrogens (tertiary/aromatic N) is 2. The summed E-state index contributed by atoms with van der Waals surface area (Å²) in [5, 5.41) is 8.57. The fourth-order valence-corrected chi connectivity index (χ4v) is 2.92. The van der Waals surface area contributed by atoms with Crippen LogP contribution >= 0.6 is 0 Å². The molecule has 0 bridgehead atoms.